The number of phenolic OH excluding ortho intramolecular Hbond substituents is 1. The van der Waals surface area contributed by atoms with Crippen molar-refractivity contribution in [3.8, 4) is 5.75 Å². The molecule has 19 heavy (non-hydrogen) atoms. The first-order valence-electron chi connectivity index (χ1n) is 6.76. The highest BCUT2D eigenvalue weighted by Gasteiger charge is 2.31. The van der Waals surface area contributed by atoms with Gasteiger partial charge in [0.2, 0.25) is 5.91 Å². The number of aryl methyl sites for hydroxylation is 1. The predicted molar refractivity (Wildman–Crippen MR) is 73.0 cm³/mol. The third-order valence-electron chi connectivity index (χ3n) is 3.79. The minimum absolute atomic E-state index is 0.122. The van der Waals surface area contributed by atoms with Crippen molar-refractivity contribution in [3.05, 3.63) is 29.3 Å². The fourth-order valence-electron chi connectivity index (χ4n) is 2.49. The summed E-state index contributed by atoms with van der Waals surface area (Å²) in [5.74, 6) is 0.0864. The van der Waals surface area contributed by atoms with Gasteiger partial charge in [-0.05, 0) is 37.0 Å². The number of benzene rings is 1. The molecule has 1 amide bonds. The van der Waals surface area contributed by atoms with Gasteiger partial charge in [0.05, 0.1) is 12.0 Å². The SMILES string of the molecule is Cc1ccc(CC(=O)NCC2(O)CCCC2)cc1O. The second-order valence-electron chi connectivity index (χ2n) is 5.51. The molecule has 0 spiro atoms. The Bertz CT molecular complexity index is 464. The summed E-state index contributed by atoms with van der Waals surface area (Å²) in [6.45, 7) is 2.14. The van der Waals surface area contributed by atoms with E-state index in [2.05, 4.69) is 5.32 Å². The second-order valence-corrected chi connectivity index (χ2v) is 5.51. The van der Waals surface area contributed by atoms with Crippen LogP contribution in [0.25, 0.3) is 0 Å². The first-order valence-corrected chi connectivity index (χ1v) is 6.76. The highest BCUT2D eigenvalue weighted by Crippen LogP contribution is 2.28. The number of carbonyl (C=O) groups is 1. The average Bonchev–Trinajstić information content (AvgIpc) is 2.79. The number of aromatic hydroxyl groups is 1. The molecule has 1 fully saturated rings. The zero-order valence-corrected chi connectivity index (χ0v) is 11.3. The summed E-state index contributed by atoms with van der Waals surface area (Å²) in [6, 6.07) is 5.24. The van der Waals surface area contributed by atoms with Gasteiger partial charge in [-0.25, -0.2) is 0 Å². The topological polar surface area (TPSA) is 69.6 Å². The maximum atomic E-state index is 11.8. The highest BCUT2D eigenvalue weighted by atomic mass is 16.3. The number of carbonyl (C=O) groups excluding carboxylic acids is 1. The third-order valence-corrected chi connectivity index (χ3v) is 3.79. The maximum Gasteiger partial charge on any atom is 0.224 e. The lowest BCUT2D eigenvalue weighted by Gasteiger charge is -2.22. The van der Waals surface area contributed by atoms with Crippen molar-refractivity contribution in [2.24, 2.45) is 0 Å². The minimum Gasteiger partial charge on any atom is -0.508 e. The van der Waals surface area contributed by atoms with Crippen LogP contribution in [0.2, 0.25) is 0 Å². The van der Waals surface area contributed by atoms with Gasteiger partial charge in [0.1, 0.15) is 5.75 Å². The lowest BCUT2D eigenvalue weighted by molar-refractivity contribution is -0.121. The van der Waals surface area contributed by atoms with Gasteiger partial charge in [0, 0.05) is 6.54 Å². The van der Waals surface area contributed by atoms with Crippen LogP contribution >= 0.6 is 0 Å². The highest BCUT2D eigenvalue weighted by molar-refractivity contribution is 5.78. The van der Waals surface area contributed by atoms with Crippen molar-refractivity contribution in [2.75, 3.05) is 6.54 Å². The molecule has 104 valence electrons. The Morgan fingerprint density at radius 3 is 2.68 bits per heavy atom. The molecule has 4 heteroatoms. The molecule has 1 aromatic rings. The summed E-state index contributed by atoms with van der Waals surface area (Å²) in [4.78, 5) is 11.8. The number of aliphatic hydroxyl groups is 1. The molecule has 0 aliphatic heterocycles. The van der Waals surface area contributed by atoms with Gasteiger partial charge in [-0.1, -0.05) is 25.0 Å². The number of rotatable bonds is 4. The van der Waals surface area contributed by atoms with Crippen molar-refractivity contribution in [1.29, 1.82) is 0 Å². The molecule has 0 heterocycles. The van der Waals surface area contributed by atoms with Crippen LogP contribution in [-0.2, 0) is 11.2 Å². The van der Waals surface area contributed by atoms with Crippen LogP contribution in [0.15, 0.2) is 18.2 Å². The normalized spacial score (nSPS) is 17.4. The first-order chi connectivity index (χ1) is 8.98. The van der Waals surface area contributed by atoms with E-state index >= 15 is 0 Å². The quantitative estimate of drug-likeness (QED) is 0.774. The number of hydrogen-bond donors (Lipinski definition) is 3. The fraction of sp³-hybridized carbons (Fsp3) is 0.533. The third kappa shape index (κ3) is 3.70. The van der Waals surface area contributed by atoms with Gasteiger partial charge >= 0.3 is 0 Å². The molecule has 0 radical (unpaired) electrons. The summed E-state index contributed by atoms with van der Waals surface area (Å²) in [5.41, 5.74) is 0.855. The number of hydrogen-bond acceptors (Lipinski definition) is 3. The van der Waals surface area contributed by atoms with Crippen molar-refractivity contribution in [2.45, 2.75) is 44.6 Å². The van der Waals surface area contributed by atoms with Gasteiger partial charge in [-0.2, -0.15) is 0 Å². The monoisotopic (exact) mass is 263 g/mol. The van der Waals surface area contributed by atoms with E-state index in [1.54, 1.807) is 12.1 Å². The molecule has 4 nitrogen and oxygen atoms in total. The maximum absolute atomic E-state index is 11.8. The van der Waals surface area contributed by atoms with Crippen LogP contribution in [0.4, 0.5) is 0 Å². The molecule has 1 aliphatic rings. The molecule has 3 N–H and O–H groups in total. The van der Waals surface area contributed by atoms with Crippen LogP contribution in [-0.4, -0.2) is 28.3 Å². The Morgan fingerprint density at radius 1 is 1.37 bits per heavy atom. The molecule has 1 aliphatic carbocycles. The van der Waals surface area contributed by atoms with Crippen molar-refractivity contribution in [3.63, 3.8) is 0 Å². The van der Waals surface area contributed by atoms with Crippen LogP contribution < -0.4 is 5.32 Å². The first kappa shape index (κ1) is 13.9. The molecule has 2 rings (SSSR count). The van der Waals surface area contributed by atoms with Crippen LogP contribution in [0, 0.1) is 6.92 Å². The molecule has 1 saturated carbocycles. The van der Waals surface area contributed by atoms with E-state index in [1.165, 1.54) is 0 Å². The predicted octanol–water partition coefficient (Wildman–Crippen LogP) is 1.66. The summed E-state index contributed by atoms with van der Waals surface area (Å²) in [5, 5.41) is 22.5. The molecular formula is C15H21NO3. The van der Waals surface area contributed by atoms with E-state index in [1.807, 2.05) is 13.0 Å². The fourth-order valence-corrected chi connectivity index (χ4v) is 2.49. The molecule has 0 saturated heterocycles. The number of nitrogens with one attached hydrogen (secondary N) is 1. The molecule has 0 bridgehead atoms. The van der Waals surface area contributed by atoms with Gasteiger partial charge in [0.25, 0.3) is 0 Å². The lowest BCUT2D eigenvalue weighted by atomic mass is 10.0. The molecule has 0 unspecified atom stereocenters. The van der Waals surface area contributed by atoms with Crippen LogP contribution in [0.5, 0.6) is 5.75 Å². The standard InChI is InChI=1S/C15H21NO3/c1-11-4-5-12(8-13(11)17)9-14(18)16-10-15(19)6-2-3-7-15/h4-5,8,17,19H,2-3,6-7,9-10H2,1H3,(H,16,18). The van der Waals surface area contributed by atoms with E-state index in [-0.39, 0.29) is 18.1 Å². The Kier molecular flexibility index (Phi) is 4.10. The van der Waals surface area contributed by atoms with Crippen LogP contribution in [0.3, 0.4) is 0 Å². The van der Waals surface area contributed by atoms with E-state index in [4.69, 9.17) is 0 Å². The van der Waals surface area contributed by atoms with Crippen molar-refractivity contribution < 1.29 is 15.0 Å². The largest absolute Gasteiger partial charge is 0.508 e. The Hall–Kier alpha value is -1.55. The second kappa shape index (κ2) is 5.61. The van der Waals surface area contributed by atoms with Gasteiger partial charge in [-0.15, -0.1) is 0 Å². The van der Waals surface area contributed by atoms with Gasteiger partial charge in [0.15, 0.2) is 0 Å². The zero-order chi connectivity index (χ0) is 13.9. The average molecular weight is 263 g/mol. The Labute approximate surface area is 113 Å². The van der Waals surface area contributed by atoms with Gasteiger partial charge < -0.3 is 15.5 Å². The zero-order valence-electron chi connectivity index (χ0n) is 11.3. The molecule has 0 aromatic heterocycles. The van der Waals surface area contributed by atoms with Crippen LogP contribution in [0.1, 0.15) is 36.8 Å². The Morgan fingerprint density at radius 2 is 2.05 bits per heavy atom. The summed E-state index contributed by atoms with van der Waals surface area (Å²) in [6.07, 6.45) is 3.80. The minimum atomic E-state index is -0.717. The molecular weight excluding hydrogens is 242 g/mol. The smallest absolute Gasteiger partial charge is 0.224 e. The van der Waals surface area contributed by atoms with E-state index < -0.39 is 5.60 Å². The van der Waals surface area contributed by atoms with Crippen molar-refractivity contribution in [1.82, 2.24) is 5.32 Å². The van der Waals surface area contributed by atoms with E-state index in [9.17, 15) is 15.0 Å². The molecule has 0 atom stereocenters. The summed E-state index contributed by atoms with van der Waals surface area (Å²) < 4.78 is 0. The van der Waals surface area contributed by atoms with E-state index in [0.29, 0.717) is 6.54 Å². The van der Waals surface area contributed by atoms with Gasteiger partial charge in [-0.3, -0.25) is 4.79 Å². The van der Waals surface area contributed by atoms with E-state index in [0.717, 1.165) is 36.8 Å². The lowest BCUT2D eigenvalue weighted by Crippen LogP contribution is -2.41. The number of amides is 1. The Balaban J connectivity index is 1.85. The summed E-state index contributed by atoms with van der Waals surface area (Å²) in [7, 11) is 0. The summed E-state index contributed by atoms with van der Waals surface area (Å²) >= 11 is 0. The number of phenols is 1. The molecule has 1 aromatic carbocycles. The van der Waals surface area contributed by atoms with Crippen molar-refractivity contribution >= 4 is 5.91 Å².